The van der Waals surface area contributed by atoms with Crippen molar-refractivity contribution in [1.29, 1.82) is 0 Å². The molecule has 1 aromatic heterocycles. The van der Waals surface area contributed by atoms with Crippen molar-refractivity contribution in [2.45, 2.75) is 33.9 Å². The molecule has 0 amide bonds. The molecule has 0 spiro atoms. The van der Waals surface area contributed by atoms with Crippen LogP contribution in [0.2, 0.25) is 0 Å². The fraction of sp³-hybridized carbons (Fsp3) is 0.231. The zero-order valence-corrected chi connectivity index (χ0v) is 17.3. The predicted molar refractivity (Wildman–Crippen MR) is 119 cm³/mol. The van der Waals surface area contributed by atoms with Crippen LogP contribution in [0.4, 0.5) is 5.69 Å². The molecule has 1 aliphatic rings. The van der Waals surface area contributed by atoms with Crippen molar-refractivity contribution >= 4 is 27.6 Å². The lowest BCUT2D eigenvalue weighted by Crippen LogP contribution is -2.24. The van der Waals surface area contributed by atoms with Crippen LogP contribution in [0.3, 0.4) is 0 Å². The highest BCUT2D eigenvalue weighted by Gasteiger charge is 2.36. The van der Waals surface area contributed by atoms with Crippen molar-refractivity contribution in [1.82, 2.24) is 0 Å². The second-order valence-corrected chi connectivity index (χ2v) is 8.06. The minimum Gasteiger partial charge on any atom is -0.468 e. The van der Waals surface area contributed by atoms with E-state index < -0.39 is 0 Å². The molecule has 1 aliphatic heterocycles. The summed E-state index contributed by atoms with van der Waals surface area (Å²) < 4.78 is 12.9. The zero-order valence-electron chi connectivity index (χ0n) is 17.3. The number of hydrogen-bond acceptors (Lipinski definition) is 3. The first-order valence-corrected chi connectivity index (χ1v) is 10.2. The lowest BCUT2D eigenvalue weighted by Gasteiger charge is -2.28. The molecule has 1 atom stereocenters. The normalized spacial score (nSPS) is 17.0. The lowest BCUT2D eigenvalue weighted by molar-refractivity contribution is 0.127. The molecule has 29 heavy (non-hydrogen) atoms. The SMILES string of the molecule is CC1=C(C(C)C)OC(c2ccccc2)N1c1c(C)ccc2c1oc1ccccc12. The summed E-state index contributed by atoms with van der Waals surface area (Å²) in [6.07, 6.45) is -0.203. The van der Waals surface area contributed by atoms with Gasteiger partial charge in [0.25, 0.3) is 0 Å². The van der Waals surface area contributed by atoms with E-state index in [2.05, 4.69) is 81.1 Å². The van der Waals surface area contributed by atoms with Crippen molar-refractivity contribution in [2.75, 3.05) is 4.90 Å². The van der Waals surface area contributed by atoms with Gasteiger partial charge in [-0.3, -0.25) is 4.90 Å². The quantitative estimate of drug-likeness (QED) is 0.371. The van der Waals surface area contributed by atoms with Gasteiger partial charge in [-0.15, -0.1) is 0 Å². The van der Waals surface area contributed by atoms with Gasteiger partial charge >= 0.3 is 0 Å². The van der Waals surface area contributed by atoms with Crippen molar-refractivity contribution < 1.29 is 9.15 Å². The van der Waals surface area contributed by atoms with Crippen molar-refractivity contribution in [3.8, 4) is 0 Å². The van der Waals surface area contributed by atoms with E-state index in [-0.39, 0.29) is 6.23 Å². The van der Waals surface area contributed by atoms with Gasteiger partial charge in [0.15, 0.2) is 5.58 Å². The molecule has 1 unspecified atom stereocenters. The van der Waals surface area contributed by atoms with Gasteiger partial charge in [-0.05, 0) is 25.5 Å². The number of rotatable bonds is 3. The smallest absolute Gasteiger partial charge is 0.202 e. The second kappa shape index (κ2) is 6.70. The molecule has 0 bridgehead atoms. The Hall–Kier alpha value is -3.20. The van der Waals surface area contributed by atoms with Crippen LogP contribution >= 0.6 is 0 Å². The highest BCUT2D eigenvalue weighted by Crippen LogP contribution is 2.47. The molecule has 0 saturated carbocycles. The van der Waals surface area contributed by atoms with Gasteiger partial charge in [0, 0.05) is 22.3 Å². The Bertz CT molecular complexity index is 1230. The van der Waals surface area contributed by atoms with Crippen LogP contribution < -0.4 is 4.90 Å². The summed E-state index contributed by atoms with van der Waals surface area (Å²) >= 11 is 0. The molecule has 5 rings (SSSR count). The molecule has 3 heteroatoms. The number of fused-ring (bicyclic) bond motifs is 3. The van der Waals surface area contributed by atoms with Gasteiger partial charge in [-0.25, -0.2) is 0 Å². The van der Waals surface area contributed by atoms with Gasteiger partial charge < -0.3 is 9.15 Å². The maximum absolute atomic E-state index is 6.53. The molecule has 0 radical (unpaired) electrons. The standard InChI is InChI=1S/C26H25NO2/c1-16(2)24-18(4)27(26(29-24)19-10-6-5-7-11-19)23-17(3)14-15-21-20-12-8-9-13-22(20)28-25(21)23/h5-16,26H,1-4H3. The molecule has 146 valence electrons. The van der Waals surface area contributed by atoms with Crippen LogP contribution in [0.15, 0.2) is 82.6 Å². The van der Waals surface area contributed by atoms with E-state index in [1.807, 2.05) is 18.2 Å². The summed E-state index contributed by atoms with van der Waals surface area (Å²) in [7, 11) is 0. The number of hydrogen-bond donors (Lipinski definition) is 0. The molecule has 0 aliphatic carbocycles. The zero-order chi connectivity index (χ0) is 20.1. The van der Waals surface area contributed by atoms with Crippen molar-refractivity contribution in [2.24, 2.45) is 5.92 Å². The molecule has 0 fully saturated rings. The fourth-order valence-electron chi connectivity index (χ4n) is 4.40. The van der Waals surface area contributed by atoms with Gasteiger partial charge in [0.2, 0.25) is 6.23 Å². The van der Waals surface area contributed by atoms with Crippen LogP contribution in [-0.2, 0) is 4.74 Å². The number of allylic oxidation sites excluding steroid dienone is 2. The number of ether oxygens (including phenoxy) is 1. The summed E-state index contributed by atoms with van der Waals surface area (Å²) in [5.74, 6) is 1.34. The average molecular weight is 383 g/mol. The van der Waals surface area contributed by atoms with Gasteiger partial charge in [-0.1, -0.05) is 74.5 Å². The highest BCUT2D eigenvalue weighted by atomic mass is 16.5. The maximum atomic E-state index is 6.53. The Morgan fingerprint density at radius 1 is 0.828 bits per heavy atom. The monoisotopic (exact) mass is 383 g/mol. The number of furan rings is 1. The first kappa shape index (κ1) is 17.9. The fourth-order valence-corrected chi connectivity index (χ4v) is 4.40. The van der Waals surface area contributed by atoms with E-state index in [0.29, 0.717) is 5.92 Å². The first-order chi connectivity index (χ1) is 14.1. The number of aryl methyl sites for hydroxylation is 1. The minimum atomic E-state index is -0.203. The third-order valence-electron chi connectivity index (χ3n) is 5.76. The summed E-state index contributed by atoms with van der Waals surface area (Å²) in [5.41, 5.74) is 6.36. The van der Waals surface area contributed by atoms with E-state index in [9.17, 15) is 0 Å². The first-order valence-electron chi connectivity index (χ1n) is 10.2. The van der Waals surface area contributed by atoms with Crippen molar-refractivity contribution in [3.05, 3.63) is 89.3 Å². The Kier molecular flexibility index (Phi) is 4.13. The van der Waals surface area contributed by atoms with Crippen LogP contribution in [0, 0.1) is 12.8 Å². The Balaban J connectivity index is 1.79. The molecule has 2 heterocycles. The molecule has 3 nitrogen and oxygen atoms in total. The molecule has 3 aromatic carbocycles. The predicted octanol–water partition coefficient (Wildman–Crippen LogP) is 7.32. The van der Waals surface area contributed by atoms with E-state index >= 15 is 0 Å². The molecular formula is C26H25NO2. The number of anilines is 1. The summed E-state index contributed by atoms with van der Waals surface area (Å²) in [5, 5.41) is 2.28. The van der Waals surface area contributed by atoms with Crippen LogP contribution in [0.25, 0.3) is 21.9 Å². The third-order valence-corrected chi connectivity index (χ3v) is 5.76. The molecule has 0 N–H and O–H groups in total. The van der Waals surface area contributed by atoms with E-state index in [4.69, 9.17) is 9.15 Å². The number of para-hydroxylation sites is 1. The maximum Gasteiger partial charge on any atom is 0.202 e. The summed E-state index contributed by atoms with van der Waals surface area (Å²) in [6.45, 7) is 8.65. The van der Waals surface area contributed by atoms with Gasteiger partial charge in [-0.2, -0.15) is 0 Å². The van der Waals surface area contributed by atoms with Gasteiger partial charge in [0.1, 0.15) is 11.3 Å². The van der Waals surface area contributed by atoms with E-state index in [0.717, 1.165) is 44.6 Å². The molecular weight excluding hydrogens is 358 g/mol. The van der Waals surface area contributed by atoms with Crippen molar-refractivity contribution in [3.63, 3.8) is 0 Å². The summed E-state index contributed by atoms with van der Waals surface area (Å²) in [6, 6.07) is 23.0. The second-order valence-electron chi connectivity index (χ2n) is 8.06. The summed E-state index contributed by atoms with van der Waals surface area (Å²) in [4.78, 5) is 2.31. The number of nitrogens with zero attached hydrogens (tertiary/aromatic N) is 1. The largest absolute Gasteiger partial charge is 0.468 e. The van der Waals surface area contributed by atoms with Gasteiger partial charge in [0.05, 0.1) is 11.4 Å². The Morgan fingerprint density at radius 2 is 1.55 bits per heavy atom. The minimum absolute atomic E-state index is 0.203. The Labute approximate surface area is 171 Å². The van der Waals surface area contributed by atoms with Crippen LogP contribution in [0.5, 0.6) is 0 Å². The molecule has 0 saturated heterocycles. The highest BCUT2D eigenvalue weighted by molar-refractivity contribution is 6.09. The third kappa shape index (κ3) is 2.72. The lowest BCUT2D eigenvalue weighted by atomic mass is 10.1. The topological polar surface area (TPSA) is 25.6 Å². The average Bonchev–Trinajstić information content (AvgIpc) is 3.27. The molecule has 4 aromatic rings. The van der Waals surface area contributed by atoms with E-state index in [1.165, 1.54) is 5.56 Å². The van der Waals surface area contributed by atoms with Crippen LogP contribution in [-0.4, -0.2) is 0 Å². The number of benzene rings is 3. The van der Waals surface area contributed by atoms with E-state index in [1.54, 1.807) is 0 Å². The van der Waals surface area contributed by atoms with Crippen LogP contribution in [0.1, 0.15) is 38.1 Å². The Morgan fingerprint density at radius 3 is 2.31 bits per heavy atom.